The highest BCUT2D eigenvalue weighted by molar-refractivity contribution is 6.30. The molecule has 0 bridgehead atoms. The van der Waals surface area contributed by atoms with E-state index in [1.165, 1.54) is 0 Å². The lowest BCUT2D eigenvalue weighted by Gasteiger charge is -2.43. The van der Waals surface area contributed by atoms with Crippen molar-refractivity contribution >= 4 is 29.0 Å². The van der Waals surface area contributed by atoms with Gasteiger partial charge in [-0.3, -0.25) is 14.3 Å². The number of carbonyl (C=O) groups is 2. The van der Waals surface area contributed by atoms with E-state index in [1.54, 1.807) is 15.8 Å². The Morgan fingerprint density at radius 3 is 2.40 bits per heavy atom. The lowest BCUT2D eigenvalue weighted by Crippen LogP contribution is -2.61. The second-order valence-corrected chi connectivity index (χ2v) is 9.27. The summed E-state index contributed by atoms with van der Waals surface area (Å²) in [5.74, 6) is 1.05. The molecule has 2 fully saturated rings. The Bertz CT molecular complexity index is 890. The van der Waals surface area contributed by atoms with E-state index in [2.05, 4.69) is 30.8 Å². The summed E-state index contributed by atoms with van der Waals surface area (Å²) in [5, 5.41) is 4.88. The number of Topliss-reactive ketones (excluding diaryl/α,β-unsaturated/α-hetero) is 1. The highest BCUT2D eigenvalue weighted by atomic mass is 35.5. The summed E-state index contributed by atoms with van der Waals surface area (Å²) in [7, 11) is 1.87. The number of anilines is 1. The standard InChI is InChI=1S/C19H21ClN4O2.C4H10/c1-22-12-16(10-21-22)23-9-8-19(13-23)17(25)6-7-18(26)24(19)11-14-2-4-15(20)5-3-14;1-4(2)3/h2-5,10,12H,6-9,11,13H2,1H3;4H,1-3H3. The topological polar surface area (TPSA) is 58.4 Å². The van der Waals surface area contributed by atoms with Crippen molar-refractivity contribution < 1.29 is 9.59 Å². The van der Waals surface area contributed by atoms with E-state index in [9.17, 15) is 9.59 Å². The fourth-order valence-corrected chi connectivity index (χ4v) is 4.15. The molecule has 2 aromatic rings. The van der Waals surface area contributed by atoms with Crippen molar-refractivity contribution in [1.82, 2.24) is 14.7 Å². The van der Waals surface area contributed by atoms with Gasteiger partial charge in [-0.1, -0.05) is 44.5 Å². The number of aromatic nitrogens is 2. The van der Waals surface area contributed by atoms with Crippen LogP contribution in [0.4, 0.5) is 5.69 Å². The fraction of sp³-hybridized carbons (Fsp3) is 0.522. The van der Waals surface area contributed by atoms with Gasteiger partial charge in [0.25, 0.3) is 0 Å². The van der Waals surface area contributed by atoms with Crippen LogP contribution in [0.5, 0.6) is 0 Å². The fourth-order valence-electron chi connectivity index (χ4n) is 4.02. The zero-order chi connectivity index (χ0) is 21.9. The van der Waals surface area contributed by atoms with Gasteiger partial charge in [0.2, 0.25) is 5.91 Å². The van der Waals surface area contributed by atoms with E-state index >= 15 is 0 Å². The molecule has 1 aromatic carbocycles. The van der Waals surface area contributed by atoms with Gasteiger partial charge in [0, 0.05) is 50.7 Å². The number of nitrogens with zero attached hydrogens (tertiary/aromatic N) is 4. The number of hydrogen-bond donors (Lipinski definition) is 0. The third kappa shape index (κ3) is 4.86. The van der Waals surface area contributed by atoms with Crippen molar-refractivity contribution in [3.8, 4) is 0 Å². The first kappa shape index (κ1) is 22.3. The van der Waals surface area contributed by atoms with E-state index in [0.29, 0.717) is 37.4 Å². The molecular weight excluding hydrogens is 400 g/mol. The van der Waals surface area contributed by atoms with Crippen LogP contribution in [-0.2, 0) is 23.2 Å². The minimum atomic E-state index is -0.745. The van der Waals surface area contributed by atoms with Gasteiger partial charge < -0.3 is 9.80 Å². The van der Waals surface area contributed by atoms with Crippen molar-refractivity contribution in [3.05, 3.63) is 47.2 Å². The normalized spacial score (nSPS) is 21.4. The lowest BCUT2D eigenvalue weighted by atomic mass is 9.83. The van der Waals surface area contributed by atoms with Crippen LogP contribution in [0.1, 0.15) is 45.6 Å². The number of rotatable bonds is 3. The molecule has 162 valence electrons. The Kier molecular flexibility index (Phi) is 6.86. The summed E-state index contributed by atoms with van der Waals surface area (Å²) in [6, 6.07) is 7.46. The van der Waals surface area contributed by atoms with Crippen LogP contribution in [0.15, 0.2) is 36.7 Å². The van der Waals surface area contributed by atoms with Crippen LogP contribution in [0.2, 0.25) is 5.02 Å². The minimum absolute atomic E-state index is 0.0487. The van der Waals surface area contributed by atoms with Crippen LogP contribution in [0, 0.1) is 5.92 Å². The first-order chi connectivity index (χ1) is 14.2. The molecule has 7 heteroatoms. The van der Waals surface area contributed by atoms with Gasteiger partial charge in [0.15, 0.2) is 5.78 Å². The lowest BCUT2D eigenvalue weighted by molar-refractivity contribution is -0.152. The zero-order valence-electron chi connectivity index (χ0n) is 18.3. The summed E-state index contributed by atoms with van der Waals surface area (Å²) < 4.78 is 1.75. The second kappa shape index (κ2) is 9.21. The van der Waals surface area contributed by atoms with Gasteiger partial charge in [-0.25, -0.2) is 0 Å². The van der Waals surface area contributed by atoms with Crippen molar-refractivity contribution in [2.75, 3.05) is 18.0 Å². The summed E-state index contributed by atoms with van der Waals surface area (Å²) >= 11 is 5.97. The Hall–Kier alpha value is -2.34. The first-order valence-electron chi connectivity index (χ1n) is 10.5. The van der Waals surface area contributed by atoms with Crippen molar-refractivity contribution in [1.29, 1.82) is 0 Å². The van der Waals surface area contributed by atoms with Crippen LogP contribution in [0.25, 0.3) is 0 Å². The van der Waals surface area contributed by atoms with E-state index in [4.69, 9.17) is 11.6 Å². The SMILES string of the molecule is CC(C)C.Cn1cc(N2CCC3(C2)C(=O)CCC(=O)N3Cc2ccc(Cl)cc2)cn1. The summed E-state index contributed by atoms with van der Waals surface area (Å²) in [4.78, 5) is 29.6. The van der Waals surface area contributed by atoms with Crippen molar-refractivity contribution in [3.63, 3.8) is 0 Å². The summed E-state index contributed by atoms with van der Waals surface area (Å²) in [5.41, 5.74) is 1.23. The highest BCUT2D eigenvalue weighted by Crippen LogP contribution is 2.37. The number of ketones is 1. The molecule has 1 unspecified atom stereocenters. The number of likely N-dealkylation sites (tertiary alicyclic amines) is 1. The van der Waals surface area contributed by atoms with Gasteiger partial charge in [0.1, 0.15) is 5.54 Å². The predicted molar refractivity (Wildman–Crippen MR) is 120 cm³/mol. The molecule has 4 rings (SSSR count). The number of amides is 1. The van der Waals surface area contributed by atoms with Gasteiger partial charge in [-0.2, -0.15) is 5.10 Å². The Morgan fingerprint density at radius 1 is 1.13 bits per heavy atom. The van der Waals surface area contributed by atoms with Crippen LogP contribution >= 0.6 is 11.6 Å². The number of benzene rings is 1. The monoisotopic (exact) mass is 430 g/mol. The largest absolute Gasteiger partial charge is 0.366 e. The molecule has 3 heterocycles. The maximum absolute atomic E-state index is 12.9. The Morgan fingerprint density at radius 2 is 1.80 bits per heavy atom. The highest BCUT2D eigenvalue weighted by Gasteiger charge is 2.52. The number of carbonyl (C=O) groups excluding carboxylic acids is 2. The van der Waals surface area contributed by atoms with E-state index in [0.717, 1.165) is 23.7 Å². The molecule has 1 aromatic heterocycles. The third-order valence-electron chi connectivity index (χ3n) is 5.46. The molecule has 1 spiro atoms. The first-order valence-corrected chi connectivity index (χ1v) is 10.9. The molecule has 2 aliphatic heterocycles. The average Bonchev–Trinajstić information content (AvgIpc) is 3.31. The summed E-state index contributed by atoms with van der Waals surface area (Å²) in [6.45, 7) is 8.20. The predicted octanol–water partition coefficient (Wildman–Crippen LogP) is 4.08. The maximum atomic E-state index is 12.9. The molecular formula is C23H31ClN4O2. The van der Waals surface area contributed by atoms with Crippen molar-refractivity contribution in [2.24, 2.45) is 13.0 Å². The number of piperidine rings is 1. The maximum Gasteiger partial charge on any atom is 0.224 e. The number of aryl methyl sites for hydroxylation is 1. The van der Waals surface area contributed by atoms with Crippen LogP contribution in [0.3, 0.4) is 0 Å². The van der Waals surface area contributed by atoms with Gasteiger partial charge in [-0.15, -0.1) is 0 Å². The molecule has 0 N–H and O–H groups in total. The number of hydrogen-bond acceptors (Lipinski definition) is 4. The molecule has 1 amide bonds. The Labute approximate surface area is 183 Å². The van der Waals surface area contributed by atoms with Crippen LogP contribution < -0.4 is 4.90 Å². The average molecular weight is 431 g/mol. The Balaban J connectivity index is 0.000000589. The summed E-state index contributed by atoms with van der Waals surface area (Å²) in [6.07, 6.45) is 5.02. The second-order valence-electron chi connectivity index (χ2n) is 8.84. The van der Waals surface area contributed by atoms with Crippen molar-refractivity contribution in [2.45, 2.75) is 52.1 Å². The smallest absolute Gasteiger partial charge is 0.224 e. The van der Waals surface area contributed by atoms with Gasteiger partial charge >= 0.3 is 0 Å². The van der Waals surface area contributed by atoms with Crippen LogP contribution in [-0.4, -0.2) is 45.0 Å². The molecule has 0 aliphatic carbocycles. The molecule has 30 heavy (non-hydrogen) atoms. The zero-order valence-corrected chi connectivity index (χ0v) is 19.0. The molecule has 1 atom stereocenters. The van der Waals surface area contributed by atoms with Gasteiger partial charge in [0.05, 0.1) is 11.9 Å². The van der Waals surface area contributed by atoms with E-state index in [-0.39, 0.29) is 11.7 Å². The molecule has 2 aliphatic rings. The molecule has 6 nitrogen and oxygen atoms in total. The number of halogens is 1. The molecule has 0 saturated carbocycles. The molecule has 2 saturated heterocycles. The van der Waals surface area contributed by atoms with Gasteiger partial charge in [-0.05, 0) is 30.0 Å². The van der Waals surface area contributed by atoms with E-state index < -0.39 is 5.54 Å². The quantitative estimate of drug-likeness (QED) is 0.736. The van der Waals surface area contributed by atoms with E-state index in [1.807, 2.05) is 37.5 Å². The minimum Gasteiger partial charge on any atom is -0.366 e. The third-order valence-corrected chi connectivity index (χ3v) is 5.71. The molecule has 0 radical (unpaired) electrons.